The van der Waals surface area contributed by atoms with Crippen molar-refractivity contribution >= 4 is 0 Å². The molecule has 0 saturated carbocycles. The summed E-state index contributed by atoms with van der Waals surface area (Å²) in [5, 5.41) is 10.00. The second kappa shape index (κ2) is 3.75. The summed E-state index contributed by atoms with van der Waals surface area (Å²) in [7, 11) is 0. The van der Waals surface area contributed by atoms with E-state index in [1.807, 2.05) is 6.92 Å². The average Bonchev–Trinajstić information content (AvgIpc) is 2.03. The minimum absolute atomic E-state index is 0.0856. The molecule has 0 spiro atoms. The predicted molar refractivity (Wildman–Crippen MR) is 42.3 cm³/mol. The van der Waals surface area contributed by atoms with Gasteiger partial charge in [0.15, 0.2) is 0 Å². The van der Waals surface area contributed by atoms with Gasteiger partial charge in [-0.25, -0.2) is 0 Å². The summed E-state index contributed by atoms with van der Waals surface area (Å²) in [5.74, 6) is 0. The van der Waals surface area contributed by atoms with Crippen molar-refractivity contribution in [2.75, 3.05) is 6.54 Å². The van der Waals surface area contributed by atoms with Crippen molar-refractivity contribution in [2.45, 2.75) is 13.3 Å². The normalized spacial score (nSPS) is 9.75. The van der Waals surface area contributed by atoms with Gasteiger partial charge in [0.05, 0.1) is 17.8 Å². The Morgan fingerprint density at radius 3 is 2.75 bits per heavy atom. The molecule has 0 radical (unpaired) electrons. The average molecular weight is 167 g/mol. The number of aryl methyl sites for hydroxylation is 1. The Balaban J connectivity index is 2.53. The Morgan fingerprint density at radius 1 is 1.50 bits per heavy atom. The van der Waals surface area contributed by atoms with E-state index in [1.54, 1.807) is 12.4 Å². The lowest BCUT2D eigenvalue weighted by molar-refractivity contribution is -0.479. The van der Waals surface area contributed by atoms with Gasteiger partial charge < -0.3 is 0 Å². The maximum Gasteiger partial charge on any atom is 0.209 e. The Hall–Kier alpha value is -1.52. The second-order valence-electron chi connectivity index (χ2n) is 2.46. The molecule has 12 heavy (non-hydrogen) atoms. The molecule has 5 heteroatoms. The fourth-order valence-corrected chi connectivity index (χ4v) is 0.754. The van der Waals surface area contributed by atoms with Crippen LogP contribution in [0, 0.1) is 17.0 Å². The largest absolute Gasteiger partial charge is 0.265 e. The van der Waals surface area contributed by atoms with Gasteiger partial charge in [0, 0.05) is 17.3 Å². The molecular formula is C7H9N3O2. The van der Waals surface area contributed by atoms with E-state index in [4.69, 9.17) is 0 Å². The molecule has 0 aliphatic carbocycles. The SMILES string of the molecule is Cc1cnc(CC[N+](=O)[O-])cn1. The van der Waals surface area contributed by atoms with E-state index in [1.165, 1.54) is 0 Å². The molecule has 0 amide bonds. The van der Waals surface area contributed by atoms with Crippen LogP contribution < -0.4 is 0 Å². The molecule has 0 saturated heterocycles. The van der Waals surface area contributed by atoms with Crippen molar-refractivity contribution in [3.8, 4) is 0 Å². The molecule has 0 bridgehead atoms. The first-order valence-corrected chi connectivity index (χ1v) is 3.58. The van der Waals surface area contributed by atoms with E-state index in [0.717, 1.165) is 5.69 Å². The number of hydrogen-bond donors (Lipinski definition) is 0. The fraction of sp³-hybridized carbons (Fsp3) is 0.429. The molecule has 0 aliphatic rings. The highest BCUT2D eigenvalue weighted by Crippen LogP contribution is 1.94. The van der Waals surface area contributed by atoms with Crippen molar-refractivity contribution in [3.63, 3.8) is 0 Å². The van der Waals surface area contributed by atoms with Crippen molar-refractivity contribution in [1.82, 2.24) is 9.97 Å². The van der Waals surface area contributed by atoms with Crippen LogP contribution in [-0.4, -0.2) is 21.4 Å². The zero-order valence-electron chi connectivity index (χ0n) is 6.73. The third kappa shape index (κ3) is 2.61. The van der Waals surface area contributed by atoms with Gasteiger partial charge >= 0.3 is 0 Å². The first-order valence-electron chi connectivity index (χ1n) is 3.58. The van der Waals surface area contributed by atoms with Gasteiger partial charge in [-0.05, 0) is 6.92 Å². The number of nitrogens with zero attached hydrogens (tertiary/aromatic N) is 3. The van der Waals surface area contributed by atoms with Gasteiger partial charge in [-0.2, -0.15) is 0 Å². The summed E-state index contributed by atoms with van der Waals surface area (Å²) >= 11 is 0. The van der Waals surface area contributed by atoms with Gasteiger partial charge in [0.25, 0.3) is 0 Å². The maximum absolute atomic E-state index is 10.00. The van der Waals surface area contributed by atoms with E-state index in [0.29, 0.717) is 12.1 Å². The summed E-state index contributed by atoms with van der Waals surface area (Å²) in [5.41, 5.74) is 1.48. The molecule has 0 unspecified atom stereocenters. The van der Waals surface area contributed by atoms with Gasteiger partial charge in [0.1, 0.15) is 0 Å². The van der Waals surface area contributed by atoms with Crippen LogP contribution in [0.4, 0.5) is 0 Å². The summed E-state index contributed by atoms with van der Waals surface area (Å²) in [4.78, 5) is 17.6. The molecule has 0 fully saturated rings. The standard InChI is InChI=1S/C7H9N3O2/c1-6-4-9-7(5-8-6)2-3-10(11)12/h4-5H,2-3H2,1H3. The molecular weight excluding hydrogens is 158 g/mol. The number of aromatic nitrogens is 2. The summed E-state index contributed by atoms with van der Waals surface area (Å²) in [6, 6.07) is 0. The third-order valence-corrected chi connectivity index (χ3v) is 1.38. The van der Waals surface area contributed by atoms with Crippen molar-refractivity contribution in [1.29, 1.82) is 0 Å². The van der Waals surface area contributed by atoms with Crippen LogP contribution in [-0.2, 0) is 6.42 Å². The van der Waals surface area contributed by atoms with E-state index >= 15 is 0 Å². The summed E-state index contributed by atoms with van der Waals surface area (Å²) in [6.07, 6.45) is 3.52. The van der Waals surface area contributed by atoms with Gasteiger partial charge in [-0.1, -0.05) is 0 Å². The molecule has 1 rings (SSSR count). The molecule has 0 aromatic carbocycles. The predicted octanol–water partition coefficient (Wildman–Crippen LogP) is 0.604. The van der Waals surface area contributed by atoms with Crippen molar-refractivity contribution in [3.05, 3.63) is 33.9 Å². The molecule has 0 aliphatic heterocycles. The second-order valence-corrected chi connectivity index (χ2v) is 2.46. The third-order valence-electron chi connectivity index (χ3n) is 1.38. The Labute approximate surface area is 69.6 Å². The first kappa shape index (κ1) is 8.58. The fourth-order valence-electron chi connectivity index (χ4n) is 0.754. The molecule has 1 heterocycles. The zero-order chi connectivity index (χ0) is 8.97. The van der Waals surface area contributed by atoms with Gasteiger partial charge in [-0.15, -0.1) is 0 Å². The number of nitro groups is 1. The van der Waals surface area contributed by atoms with Gasteiger partial charge in [-0.3, -0.25) is 20.1 Å². The highest BCUT2D eigenvalue weighted by Gasteiger charge is 2.00. The van der Waals surface area contributed by atoms with Crippen molar-refractivity contribution in [2.24, 2.45) is 0 Å². The van der Waals surface area contributed by atoms with Crippen LogP contribution in [0.3, 0.4) is 0 Å². The highest BCUT2D eigenvalue weighted by atomic mass is 16.6. The first-order chi connectivity index (χ1) is 5.68. The molecule has 0 atom stereocenters. The van der Waals surface area contributed by atoms with Crippen LogP contribution in [0.5, 0.6) is 0 Å². The molecule has 5 nitrogen and oxygen atoms in total. The molecule has 1 aromatic rings. The molecule has 0 N–H and O–H groups in total. The summed E-state index contributed by atoms with van der Waals surface area (Å²) in [6.45, 7) is 1.74. The smallest absolute Gasteiger partial charge is 0.209 e. The molecule has 64 valence electrons. The Kier molecular flexibility index (Phi) is 2.68. The van der Waals surface area contributed by atoms with Crippen LogP contribution in [0.15, 0.2) is 12.4 Å². The number of hydrogen-bond acceptors (Lipinski definition) is 4. The topological polar surface area (TPSA) is 68.9 Å². The van der Waals surface area contributed by atoms with Crippen LogP contribution in [0.2, 0.25) is 0 Å². The zero-order valence-corrected chi connectivity index (χ0v) is 6.73. The summed E-state index contributed by atoms with van der Waals surface area (Å²) < 4.78 is 0. The highest BCUT2D eigenvalue weighted by molar-refractivity contribution is 5.00. The Morgan fingerprint density at radius 2 is 2.25 bits per heavy atom. The van der Waals surface area contributed by atoms with E-state index in [2.05, 4.69) is 9.97 Å². The van der Waals surface area contributed by atoms with Crippen LogP contribution in [0.25, 0.3) is 0 Å². The monoisotopic (exact) mass is 167 g/mol. The van der Waals surface area contributed by atoms with E-state index in [-0.39, 0.29) is 11.5 Å². The number of rotatable bonds is 3. The van der Waals surface area contributed by atoms with Crippen LogP contribution in [0.1, 0.15) is 11.4 Å². The molecule has 1 aromatic heterocycles. The quantitative estimate of drug-likeness (QED) is 0.488. The lowest BCUT2D eigenvalue weighted by Crippen LogP contribution is -2.05. The maximum atomic E-state index is 10.00. The van der Waals surface area contributed by atoms with Crippen molar-refractivity contribution < 1.29 is 4.92 Å². The Bertz CT molecular complexity index is 270. The minimum atomic E-state index is -0.360. The minimum Gasteiger partial charge on any atom is -0.265 e. The van der Waals surface area contributed by atoms with E-state index < -0.39 is 0 Å². The van der Waals surface area contributed by atoms with Crippen LogP contribution >= 0.6 is 0 Å². The lowest BCUT2D eigenvalue weighted by Gasteiger charge is -1.95. The van der Waals surface area contributed by atoms with E-state index in [9.17, 15) is 10.1 Å². The lowest BCUT2D eigenvalue weighted by atomic mass is 10.3. The van der Waals surface area contributed by atoms with Gasteiger partial charge in [0.2, 0.25) is 6.54 Å².